The van der Waals surface area contributed by atoms with E-state index in [1.807, 2.05) is 18.7 Å². The smallest absolute Gasteiger partial charge is 0.239 e. The Morgan fingerprint density at radius 2 is 1.65 bits per heavy atom. The quantitative estimate of drug-likeness (QED) is 0.841. The first-order chi connectivity index (χ1) is 7.06. The van der Waals surface area contributed by atoms with Crippen molar-refractivity contribution >= 4 is 30.7 Å². The van der Waals surface area contributed by atoms with E-state index in [2.05, 4.69) is 11.8 Å². The average Bonchev–Trinajstić information content (AvgIpc) is 2.27. The largest absolute Gasteiger partial charge is 0.339 e. The van der Waals surface area contributed by atoms with Gasteiger partial charge in [-0.2, -0.15) is 0 Å². The molecule has 2 N–H and O–H groups in total. The molecule has 0 unspecified atom stereocenters. The molecule has 0 aromatic rings. The van der Waals surface area contributed by atoms with Crippen molar-refractivity contribution < 1.29 is 4.79 Å². The molecule has 1 aliphatic heterocycles. The lowest BCUT2D eigenvalue weighted by Gasteiger charge is -2.35. The van der Waals surface area contributed by atoms with Crippen LogP contribution in [0.1, 0.15) is 20.8 Å². The van der Waals surface area contributed by atoms with E-state index in [1.54, 1.807) is 0 Å². The van der Waals surface area contributed by atoms with E-state index in [1.165, 1.54) is 0 Å². The molecule has 1 heterocycles. The minimum absolute atomic E-state index is 0. The van der Waals surface area contributed by atoms with Crippen LogP contribution in [0.15, 0.2) is 0 Å². The van der Waals surface area contributed by atoms with Crippen molar-refractivity contribution in [3.8, 4) is 0 Å². The number of carbonyl (C=O) groups is 1. The SMILES string of the molecule is CCN1CCN(C(=O)[C@H](N)C(C)C)CC1.Cl.Cl. The lowest BCUT2D eigenvalue weighted by atomic mass is 10.0. The fourth-order valence-electron chi connectivity index (χ4n) is 1.78. The second-order valence-corrected chi connectivity index (χ2v) is 4.53. The van der Waals surface area contributed by atoms with Crippen LogP contribution in [0.3, 0.4) is 0 Å². The average molecular weight is 286 g/mol. The van der Waals surface area contributed by atoms with Gasteiger partial charge in [-0.1, -0.05) is 20.8 Å². The van der Waals surface area contributed by atoms with E-state index < -0.39 is 0 Å². The monoisotopic (exact) mass is 285 g/mol. The Bertz CT molecular complexity index is 219. The highest BCUT2D eigenvalue weighted by molar-refractivity contribution is 5.85. The normalized spacial score (nSPS) is 18.3. The van der Waals surface area contributed by atoms with Crippen LogP contribution in [-0.2, 0) is 4.79 Å². The number of carbonyl (C=O) groups excluding carboxylic acids is 1. The van der Waals surface area contributed by atoms with Gasteiger partial charge >= 0.3 is 0 Å². The molecule has 0 saturated carbocycles. The Morgan fingerprint density at radius 3 is 2.00 bits per heavy atom. The van der Waals surface area contributed by atoms with Crippen LogP contribution in [0.5, 0.6) is 0 Å². The van der Waals surface area contributed by atoms with Crippen LogP contribution in [0.4, 0.5) is 0 Å². The second kappa shape index (κ2) is 8.97. The molecule has 1 amide bonds. The first kappa shape index (κ1) is 19.3. The van der Waals surface area contributed by atoms with Crippen LogP contribution in [0.2, 0.25) is 0 Å². The molecule has 0 radical (unpaired) electrons. The fourth-order valence-corrected chi connectivity index (χ4v) is 1.78. The number of nitrogens with two attached hydrogens (primary N) is 1. The Kier molecular flexibility index (Phi) is 10.2. The molecule has 1 saturated heterocycles. The maximum atomic E-state index is 11.9. The number of amides is 1. The van der Waals surface area contributed by atoms with Crippen molar-refractivity contribution in [1.29, 1.82) is 0 Å². The lowest BCUT2D eigenvalue weighted by molar-refractivity contribution is -0.135. The molecular formula is C11H25Cl2N3O. The predicted molar refractivity (Wildman–Crippen MR) is 76.0 cm³/mol. The summed E-state index contributed by atoms with van der Waals surface area (Å²) in [6.45, 7) is 10.8. The van der Waals surface area contributed by atoms with E-state index in [4.69, 9.17) is 5.73 Å². The minimum atomic E-state index is -0.335. The molecule has 0 spiro atoms. The Balaban J connectivity index is 0. The van der Waals surface area contributed by atoms with Crippen LogP contribution in [-0.4, -0.2) is 54.5 Å². The second-order valence-electron chi connectivity index (χ2n) is 4.53. The van der Waals surface area contributed by atoms with Gasteiger partial charge < -0.3 is 15.5 Å². The topological polar surface area (TPSA) is 49.6 Å². The Labute approximate surface area is 117 Å². The molecule has 1 fully saturated rings. The van der Waals surface area contributed by atoms with E-state index in [-0.39, 0.29) is 42.7 Å². The predicted octanol–water partition coefficient (Wildman–Crippen LogP) is 0.977. The van der Waals surface area contributed by atoms with Crippen molar-refractivity contribution in [2.75, 3.05) is 32.7 Å². The van der Waals surface area contributed by atoms with E-state index >= 15 is 0 Å². The summed E-state index contributed by atoms with van der Waals surface area (Å²) in [7, 11) is 0. The van der Waals surface area contributed by atoms with Crippen molar-refractivity contribution in [3.05, 3.63) is 0 Å². The van der Waals surface area contributed by atoms with Gasteiger partial charge in [0.2, 0.25) is 5.91 Å². The van der Waals surface area contributed by atoms with Crippen molar-refractivity contribution in [1.82, 2.24) is 9.80 Å². The summed E-state index contributed by atoms with van der Waals surface area (Å²) in [5.41, 5.74) is 5.85. The van der Waals surface area contributed by atoms with E-state index in [0.717, 1.165) is 32.7 Å². The van der Waals surface area contributed by atoms with Gasteiger partial charge in [0.1, 0.15) is 0 Å². The summed E-state index contributed by atoms with van der Waals surface area (Å²) in [6, 6.07) is -0.335. The molecule has 1 rings (SSSR count). The molecule has 104 valence electrons. The van der Waals surface area contributed by atoms with Gasteiger partial charge in [0.05, 0.1) is 6.04 Å². The number of likely N-dealkylation sites (N-methyl/N-ethyl adjacent to an activating group) is 1. The zero-order chi connectivity index (χ0) is 11.4. The first-order valence-electron chi connectivity index (χ1n) is 5.83. The van der Waals surface area contributed by atoms with Crippen LogP contribution in [0.25, 0.3) is 0 Å². The fraction of sp³-hybridized carbons (Fsp3) is 0.909. The zero-order valence-electron chi connectivity index (χ0n) is 10.9. The van der Waals surface area contributed by atoms with Gasteiger partial charge in [-0.05, 0) is 12.5 Å². The Morgan fingerprint density at radius 1 is 1.18 bits per heavy atom. The number of nitrogens with zero attached hydrogens (tertiary/aromatic N) is 2. The molecule has 17 heavy (non-hydrogen) atoms. The molecule has 1 aliphatic rings. The van der Waals surface area contributed by atoms with Crippen molar-refractivity contribution in [2.45, 2.75) is 26.8 Å². The van der Waals surface area contributed by atoms with Gasteiger partial charge in [0.15, 0.2) is 0 Å². The van der Waals surface area contributed by atoms with Gasteiger partial charge in [0, 0.05) is 26.2 Å². The molecule has 0 aromatic heterocycles. The molecule has 4 nitrogen and oxygen atoms in total. The van der Waals surface area contributed by atoms with Crippen LogP contribution < -0.4 is 5.73 Å². The first-order valence-corrected chi connectivity index (χ1v) is 5.83. The van der Waals surface area contributed by atoms with Gasteiger partial charge in [0.25, 0.3) is 0 Å². The zero-order valence-corrected chi connectivity index (χ0v) is 12.5. The van der Waals surface area contributed by atoms with Crippen molar-refractivity contribution in [2.24, 2.45) is 11.7 Å². The lowest BCUT2D eigenvalue weighted by Crippen LogP contribution is -2.54. The molecule has 0 aliphatic carbocycles. The molecule has 6 heteroatoms. The maximum Gasteiger partial charge on any atom is 0.239 e. The third-order valence-corrected chi connectivity index (χ3v) is 3.13. The number of hydrogen-bond donors (Lipinski definition) is 1. The third-order valence-electron chi connectivity index (χ3n) is 3.13. The number of hydrogen-bond acceptors (Lipinski definition) is 3. The molecular weight excluding hydrogens is 261 g/mol. The summed E-state index contributed by atoms with van der Waals surface area (Å²) in [6.07, 6.45) is 0. The number of rotatable bonds is 3. The van der Waals surface area contributed by atoms with E-state index in [0.29, 0.717) is 0 Å². The van der Waals surface area contributed by atoms with Crippen molar-refractivity contribution in [3.63, 3.8) is 0 Å². The molecule has 1 atom stereocenters. The number of halogens is 2. The molecule has 0 aromatic carbocycles. The summed E-state index contributed by atoms with van der Waals surface area (Å²) in [5, 5.41) is 0. The summed E-state index contributed by atoms with van der Waals surface area (Å²) >= 11 is 0. The highest BCUT2D eigenvalue weighted by Crippen LogP contribution is 2.07. The van der Waals surface area contributed by atoms with Crippen LogP contribution >= 0.6 is 24.8 Å². The highest BCUT2D eigenvalue weighted by atomic mass is 35.5. The standard InChI is InChI=1S/C11H23N3O.2ClH/c1-4-13-5-7-14(8-6-13)11(15)10(12)9(2)3;;/h9-10H,4-8,12H2,1-3H3;2*1H/t10-;;/m1../s1. The minimum Gasteiger partial charge on any atom is -0.339 e. The maximum absolute atomic E-state index is 11.9. The van der Waals surface area contributed by atoms with Gasteiger partial charge in [-0.15, -0.1) is 24.8 Å². The summed E-state index contributed by atoms with van der Waals surface area (Å²) < 4.78 is 0. The highest BCUT2D eigenvalue weighted by Gasteiger charge is 2.26. The van der Waals surface area contributed by atoms with Gasteiger partial charge in [-0.25, -0.2) is 0 Å². The summed E-state index contributed by atoms with van der Waals surface area (Å²) in [5.74, 6) is 0.336. The summed E-state index contributed by atoms with van der Waals surface area (Å²) in [4.78, 5) is 16.2. The Hall–Kier alpha value is -0.0300. The molecule has 0 bridgehead atoms. The third kappa shape index (κ3) is 5.42. The van der Waals surface area contributed by atoms with E-state index in [9.17, 15) is 4.79 Å². The van der Waals surface area contributed by atoms with Crippen LogP contribution in [0, 0.1) is 5.92 Å². The number of piperazine rings is 1. The van der Waals surface area contributed by atoms with Gasteiger partial charge in [-0.3, -0.25) is 4.79 Å².